The Morgan fingerprint density at radius 1 is 1.10 bits per heavy atom. The molecule has 1 unspecified atom stereocenters. The quantitative estimate of drug-likeness (QED) is 0.625. The highest BCUT2D eigenvalue weighted by Crippen LogP contribution is 2.15. The first-order chi connectivity index (χ1) is 9.54. The minimum Gasteiger partial charge on any atom is -0.508 e. The highest BCUT2D eigenvalue weighted by molar-refractivity contribution is 5.78. The number of phenols is 1. The standard InChI is InChI=1S/C15H16N2O3/c16-11-3-5-12(6-4-11)17-14(15(19)20)9-10-1-7-13(18)8-2-10/h1-8,14,17-18H,9,16H2,(H,19,20). The van der Waals surface area contributed by atoms with E-state index >= 15 is 0 Å². The number of nitrogen functional groups attached to an aromatic ring is 1. The van der Waals surface area contributed by atoms with Crippen LogP contribution in [0.25, 0.3) is 0 Å². The van der Waals surface area contributed by atoms with Crippen LogP contribution in [0.5, 0.6) is 5.75 Å². The van der Waals surface area contributed by atoms with Crippen LogP contribution in [0.15, 0.2) is 48.5 Å². The van der Waals surface area contributed by atoms with E-state index < -0.39 is 12.0 Å². The van der Waals surface area contributed by atoms with E-state index in [2.05, 4.69) is 5.32 Å². The van der Waals surface area contributed by atoms with Gasteiger partial charge in [0.2, 0.25) is 0 Å². The van der Waals surface area contributed by atoms with Crippen molar-refractivity contribution in [1.82, 2.24) is 0 Å². The zero-order chi connectivity index (χ0) is 14.5. The predicted octanol–water partition coefficient (Wildman–Crippen LogP) is 2.08. The van der Waals surface area contributed by atoms with Gasteiger partial charge in [0.15, 0.2) is 0 Å². The van der Waals surface area contributed by atoms with Crippen LogP contribution in [0.3, 0.4) is 0 Å². The lowest BCUT2D eigenvalue weighted by molar-refractivity contribution is -0.137. The Balaban J connectivity index is 2.09. The van der Waals surface area contributed by atoms with E-state index in [0.717, 1.165) is 5.56 Å². The third-order valence-corrected chi connectivity index (χ3v) is 2.93. The van der Waals surface area contributed by atoms with Gasteiger partial charge in [-0.25, -0.2) is 4.79 Å². The van der Waals surface area contributed by atoms with E-state index in [1.807, 2.05) is 0 Å². The molecule has 0 bridgehead atoms. The molecular formula is C15H16N2O3. The van der Waals surface area contributed by atoms with Gasteiger partial charge in [-0.3, -0.25) is 0 Å². The Labute approximate surface area is 116 Å². The lowest BCUT2D eigenvalue weighted by Gasteiger charge is -2.16. The van der Waals surface area contributed by atoms with E-state index in [1.165, 1.54) is 12.1 Å². The number of anilines is 2. The van der Waals surface area contributed by atoms with Crippen molar-refractivity contribution in [2.24, 2.45) is 0 Å². The van der Waals surface area contributed by atoms with Crippen molar-refractivity contribution in [3.8, 4) is 5.75 Å². The number of phenolic OH excluding ortho intramolecular Hbond substituents is 1. The van der Waals surface area contributed by atoms with E-state index in [-0.39, 0.29) is 5.75 Å². The summed E-state index contributed by atoms with van der Waals surface area (Å²) in [6, 6.07) is 12.6. The molecule has 5 N–H and O–H groups in total. The van der Waals surface area contributed by atoms with Crippen molar-refractivity contribution in [3.05, 3.63) is 54.1 Å². The van der Waals surface area contributed by atoms with Crippen LogP contribution in [-0.2, 0) is 11.2 Å². The number of nitrogens with one attached hydrogen (secondary N) is 1. The van der Waals surface area contributed by atoms with Gasteiger partial charge >= 0.3 is 5.97 Å². The number of carbonyl (C=O) groups is 1. The zero-order valence-electron chi connectivity index (χ0n) is 10.8. The molecule has 0 radical (unpaired) electrons. The van der Waals surface area contributed by atoms with Crippen LogP contribution in [0.4, 0.5) is 11.4 Å². The third-order valence-electron chi connectivity index (χ3n) is 2.93. The first-order valence-corrected chi connectivity index (χ1v) is 6.17. The molecule has 2 rings (SSSR count). The molecule has 0 amide bonds. The minimum absolute atomic E-state index is 0.159. The zero-order valence-corrected chi connectivity index (χ0v) is 10.8. The van der Waals surface area contributed by atoms with Gasteiger partial charge in [0, 0.05) is 17.8 Å². The van der Waals surface area contributed by atoms with Gasteiger partial charge < -0.3 is 21.3 Å². The Bertz CT molecular complexity index is 532. The summed E-state index contributed by atoms with van der Waals surface area (Å²) in [6.07, 6.45) is 0.319. The van der Waals surface area contributed by atoms with Crippen molar-refractivity contribution in [2.45, 2.75) is 12.5 Å². The third kappa shape index (κ3) is 3.65. The fraction of sp³-hybridized carbons (Fsp3) is 0.133. The van der Waals surface area contributed by atoms with Crippen molar-refractivity contribution < 1.29 is 15.0 Å². The maximum absolute atomic E-state index is 11.3. The summed E-state index contributed by atoms with van der Waals surface area (Å²) in [5.41, 5.74) is 7.74. The van der Waals surface area contributed by atoms with E-state index in [4.69, 9.17) is 5.73 Å². The number of nitrogens with two attached hydrogens (primary N) is 1. The lowest BCUT2D eigenvalue weighted by Crippen LogP contribution is -2.31. The Morgan fingerprint density at radius 2 is 1.70 bits per heavy atom. The normalized spacial score (nSPS) is 11.8. The summed E-state index contributed by atoms with van der Waals surface area (Å²) in [7, 11) is 0. The smallest absolute Gasteiger partial charge is 0.326 e. The molecule has 104 valence electrons. The van der Waals surface area contributed by atoms with Gasteiger partial charge in [-0.15, -0.1) is 0 Å². The molecule has 0 aromatic heterocycles. The second-order valence-electron chi connectivity index (χ2n) is 4.53. The number of carboxylic acid groups (broad SMARTS) is 1. The first-order valence-electron chi connectivity index (χ1n) is 6.17. The monoisotopic (exact) mass is 272 g/mol. The molecule has 0 fully saturated rings. The highest BCUT2D eigenvalue weighted by Gasteiger charge is 2.17. The summed E-state index contributed by atoms with van der Waals surface area (Å²) >= 11 is 0. The highest BCUT2D eigenvalue weighted by atomic mass is 16.4. The molecule has 2 aromatic carbocycles. The molecule has 0 aliphatic rings. The van der Waals surface area contributed by atoms with Crippen molar-refractivity contribution in [1.29, 1.82) is 0 Å². The van der Waals surface area contributed by atoms with Crippen LogP contribution in [0, 0.1) is 0 Å². The van der Waals surface area contributed by atoms with Gasteiger partial charge in [0.25, 0.3) is 0 Å². The van der Waals surface area contributed by atoms with Gasteiger partial charge in [-0.2, -0.15) is 0 Å². The number of aliphatic carboxylic acids is 1. The molecule has 0 saturated carbocycles. The van der Waals surface area contributed by atoms with E-state index in [0.29, 0.717) is 17.8 Å². The Hall–Kier alpha value is -2.69. The van der Waals surface area contributed by atoms with Gasteiger partial charge in [-0.05, 0) is 42.0 Å². The molecule has 1 atom stereocenters. The maximum atomic E-state index is 11.3. The lowest BCUT2D eigenvalue weighted by atomic mass is 10.1. The summed E-state index contributed by atoms with van der Waals surface area (Å²) in [5, 5.41) is 21.4. The number of hydrogen-bond acceptors (Lipinski definition) is 4. The largest absolute Gasteiger partial charge is 0.508 e. The average Bonchev–Trinajstić information content (AvgIpc) is 2.42. The Kier molecular flexibility index (Phi) is 4.10. The second-order valence-corrected chi connectivity index (χ2v) is 4.53. The molecule has 0 aliphatic heterocycles. The summed E-state index contributed by atoms with van der Waals surface area (Å²) in [4.78, 5) is 11.3. The fourth-order valence-electron chi connectivity index (χ4n) is 1.85. The number of hydrogen-bond donors (Lipinski definition) is 4. The van der Waals surface area contributed by atoms with Crippen LogP contribution in [0.2, 0.25) is 0 Å². The van der Waals surface area contributed by atoms with E-state index in [1.54, 1.807) is 36.4 Å². The average molecular weight is 272 g/mol. The SMILES string of the molecule is Nc1ccc(NC(Cc2ccc(O)cc2)C(=O)O)cc1. The first kappa shape index (κ1) is 13.7. The van der Waals surface area contributed by atoms with Crippen LogP contribution < -0.4 is 11.1 Å². The predicted molar refractivity (Wildman–Crippen MR) is 77.7 cm³/mol. The van der Waals surface area contributed by atoms with Crippen molar-refractivity contribution in [3.63, 3.8) is 0 Å². The molecule has 5 heteroatoms. The summed E-state index contributed by atoms with van der Waals surface area (Å²) < 4.78 is 0. The van der Waals surface area contributed by atoms with Crippen molar-refractivity contribution >= 4 is 17.3 Å². The van der Waals surface area contributed by atoms with Crippen LogP contribution in [-0.4, -0.2) is 22.2 Å². The molecular weight excluding hydrogens is 256 g/mol. The number of aromatic hydroxyl groups is 1. The molecule has 0 spiro atoms. The minimum atomic E-state index is -0.935. The second kappa shape index (κ2) is 5.97. The molecule has 0 heterocycles. The van der Waals surface area contributed by atoms with Gasteiger partial charge in [0.1, 0.15) is 11.8 Å². The fourth-order valence-corrected chi connectivity index (χ4v) is 1.85. The van der Waals surface area contributed by atoms with Gasteiger partial charge in [-0.1, -0.05) is 12.1 Å². The number of benzene rings is 2. The molecule has 2 aromatic rings. The number of rotatable bonds is 5. The number of carboxylic acids is 1. The topological polar surface area (TPSA) is 95.6 Å². The molecule has 0 aliphatic carbocycles. The molecule has 5 nitrogen and oxygen atoms in total. The van der Waals surface area contributed by atoms with Crippen LogP contribution >= 0.6 is 0 Å². The summed E-state index contributed by atoms with van der Waals surface area (Å²) in [6.45, 7) is 0. The Morgan fingerprint density at radius 3 is 2.25 bits per heavy atom. The maximum Gasteiger partial charge on any atom is 0.326 e. The summed E-state index contributed by atoms with van der Waals surface area (Å²) in [5.74, 6) is -0.776. The van der Waals surface area contributed by atoms with Crippen molar-refractivity contribution in [2.75, 3.05) is 11.1 Å². The van der Waals surface area contributed by atoms with E-state index in [9.17, 15) is 15.0 Å². The van der Waals surface area contributed by atoms with Gasteiger partial charge in [0.05, 0.1) is 0 Å². The molecule has 20 heavy (non-hydrogen) atoms. The van der Waals surface area contributed by atoms with Crippen LogP contribution in [0.1, 0.15) is 5.56 Å². The molecule has 0 saturated heterocycles.